The van der Waals surface area contributed by atoms with Crippen LogP contribution in [-0.2, 0) is 11.3 Å². The Morgan fingerprint density at radius 3 is 2.51 bits per heavy atom. The monoisotopic (exact) mass is 542 g/mol. The third-order valence-corrected chi connectivity index (χ3v) is 6.49. The number of carbonyl (C=O) groups is 2. The molecular weight excluding hydrogens is 516 g/mol. The lowest BCUT2D eigenvalue weighted by Crippen LogP contribution is -2.32. The highest BCUT2D eigenvalue weighted by Gasteiger charge is 2.25. The van der Waals surface area contributed by atoms with Gasteiger partial charge < -0.3 is 15.2 Å². The molecule has 3 aromatic rings. The predicted octanol–water partition coefficient (Wildman–Crippen LogP) is 5.27. The number of nitrogens with zero attached hydrogens (tertiary/aromatic N) is 4. The molecular formula is C25H27ClN6O4S. The van der Waals surface area contributed by atoms with Crippen LogP contribution in [0.1, 0.15) is 42.5 Å². The molecule has 0 aliphatic carbocycles. The van der Waals surface area contributed by atoms with Gasteiger partial charge in [0.25, 0.3) is 11.6 Å². The van der Waals surface area contributed by atoms with E-state index in [2.05, 4.69) is 27.4 Å². The summed E-state index contributed by atoms with van der Waals surface area (Å²) in [5.41, 5.74) is 0.754. The fourth-order valence-electron chi connectivity index (χ4n) is 3.54. The van der Waals surface area contributed by atoms with Gasteiger partial charge in [0.2, 0.25) is 5.91 Å². The molecule has 0 aliphatic rings. The van der Waals surface area contributed by atoms with Crippen LogP contribution < -0.4 is 10.6 Å². The molecule has 0 saturated carbocycles. The molecule has 37 heavy (non-hydrogen) atoms. The van der Waals surface area contributed by atoms with Crippen LogP contribution >= 0.6 is 23.4 Å². The summed E-state index contributed by atoms with van der Waals surface area (Å²) in [7, 11) is 0. The summed E-state index contributed by atoms with van der Waals surface area (Å²) in [6.07, 6.45) is 2.30. The Balaban J connectivity index is 1.75. The molecule has 12 heteroatoms. The number of amides is 2. The van der Waals surface area contributed by atoms with Crippen molar-refractivity contribution in [1.29, 1.82) is 0 Å². The maximum Gasteiger partial charge on any atom is 0.269 e. The average molecular weight is 543 g/mol. The Kier molecular flexibility index (Phi) is 9.81. The second kappa shape index (κ2) is 13.0. The number of thioether (sulfide) groups is 1. The van der Waals surface area contributed by atoms with Gasteiger partial charge in [0.1, 0.15) is 0 Å². The lowest BCUT2D eigenvalue weighted by atomic mass is 10.0. The number of hydrogen-bond donors (Lipinski definition) is 2. The van der Waals surface area contributed by atoms with Gasteiger partial charge in [-0.15, -0.1) is 16.8 Å². The van der Waals surface area contributed by atoms with Crippen LogP contribution in [0.25, 0.3) is 0 Å². The normalized spacial score (nSPS) is 11.7. The van der Waals surface area contributed by atoms with Crippen molar-refractivity contribution in [1.82, 2.24) is 20.1 Å². The van der Waals surface area contributed by atoms with Gasteiger partial charge in [0.05, 0.1) is 27.3 Å². The van der Waals surface area contributed by atoms with E-state index in [1.54, 1.807) is 30.3 Å². The minimum Gasteiger partial charge on any atom is -0.342 e. The first-order valence-electron chi connectivity index (χ1n) is 11.5. The van der Waals surface area contributed by atoms with Crippen LogP contribution in [0.3, 0.4) is 0 Å². The molecule has 0 unspecified atom stereocenters. The summed E-state index contributed by atoms with van der Waals surface area (Å²) >= 11 is 7.40. The van der Waals surface area contributed by atoms with Crippen LogP contribution in [-0.4, -0.2) is 37.3 Å². The highest BCUT2D eigenvalue weighted by atomic mass is 35.5. The number of nitro groups is 1. The van der Waals surface area contributed by atoms with E-state index in [0.29, 0.717) is 40.2 Å². The standard InChI is InChI=1S/C25H27ClN6O4S/c1-4-13-31-23(21(14-16(2)3)28-24(34)19-7-5-6-8-20(19)26)29-30-25(31)37-15-22(33)27-17-9-11-18(12-10-17)32(35)36/h4-12,16,21H,1,13-15H2,2-3H3,(H,27,33)(H,28,34)/t21-/m0/s1. The maximum atomic E-state index is 13.0. The minimum absolute atomic E-state index is 0.0348. The van der Waals surface area contributed by atoms with Crippen LogP contribution in [0.4, 0.5) is 11.4 Å². The molecule has 0 bridgehead atoms. The summed E-state index contributed by atoms with van der Waals surface area (Å²) < 4.78 is 1.82. The van der Waals surface area contributed by atoms with E-state index >= 15 is 0 Å². The van der Waals surface area contributed by atoms with Crippen molar-refractivity contribution in [2.45, 2.75) is 38.0 Å². The first-order valence-corrected chi connectivity index (χ1v) is 12.8. The number of allylic oxidation sites excluding steroid dienone is 1. The molecule has 0 radical (unpaired) electrons. The van der Waals surface area contributed by atoms with Gasteiger partial charge in [-0.1, -0.05) is 55.4 Å². The number of rotatable bonds is 12. The lowest BCUT2D eigenvalue weighted by Gasteiger charge is -2.21. The number of non-ortho nitro benzene ring substituents is 1. The number of nitrogens with one attached hydrogen (secondary N) is 2. The second-order valence-corrected chi connectivity index (χ2v) is 9.87. The van der Waals surface area contributed by atoms with Gasteiger partial charge in [-0.3, -0.25) is 19.7 Å². The molecule has 0 saturated heterocycles. The van der Waals surface area contributed by atoms with Gasteiger partial charge >= 0.3 is 0 Å². The summed E-state index contributed by atoms with van der Waals surface area (Å²) in [5, 5.41) is 26.0. The van der Waals surface area contributed by atoms with Crippen molar-refractivity contribution in [3.05, 3.63) is 87.7 Å². The van der Waals surface area contributed by atoms with Crippen molar-refractivity contribution in [3.63, 3.8) is 0 Å². The van der Waals surface area contributed by atoms with Gasteiger partial charge in [-0.25, -0.2) is 0 Å². The van der Waals surface area contributed by atoms with Gasteiger partial charge in [0, 0.05) is 24.4 Å². The molecule has 194 valence electrons. The van der Waals surface area contributed by atoms with Gasteiger partial charge in [-0.2, -0.15) is 0 Å². The Labute approximate surface area is 223 Å². The number of benzene rings is 2. The molecule has 2 aromatic carbocycles. The first-order chi connectivity index (χ1) is 17.7. The Morgan fingerprint density at radius 1 is 1.19 bits per heavy atom. The first kappa shape index (κ1) is 27.9. The van der Waals surface area contributed by atoms with E-state index in [1.807, 2.05) is 18.4 Å². The molecule has 1 heterocycles. The lowest BCUT2D eigenvalue weighted by molar-refractivity contribution is -0.384. The Hall–Kier alpha value is -3.70. The number of anilines is 1. The summed E-state index contributed by atoms with van der Waals surface area (Å²) in [4.78, 5) is 35.8. The molecule has 1 aromatic heterocycles. The molecule has 2 N–H and O–H groups in total. The molecule has 0 aliphatic heterocycles. The van der Waals surface area contributed by atoms with Crippen molar-refractivity contribution >= 4 is 46.6 Å². The quantitative estimate of drug-likeness (QED) is 0.138. The van der Waals surface area contributed by atoms with E-state index in [9.17, 15) is 19.7 Å². The van der Waals surface area contributed by atoms with Crippen molar-refractivity contribution in [2.75, 3.05) is 11.1 Å². The van der Waals surface area contributed by atoms with Gasteiger partial charge in [-0.05, 0) is 36.6 Å². The number of nitro benzene ring substituents is 1. The third-order valence-electron chi connectivity index (χ3n) is 5.19. The van der Waals surface area contributed by atoms with Crippen LogP contribution in [0.15, 0.2) is 66.3 Å². The number of hydrogen-bond acceptors (Lipinski definition) is 7. The molecule has 0 spiro atoms. The largest absolute Gasteiger partial charge is 0.342 e. The maximum absolute atomic E-state index is 13.0. The zero-order chi connectivity index (χ0) is 26.9. The SMILES string of the molecule is C=CCn1c(SCC(=O)Nc2ccc([N+](=O)[O-])cc2)nnc1[C@H](CC(C)C)NC(=O)c1ccccc1Cl. The van der Waals surface area contributed by atoms with Crippen molar-refractivity contribution < 1.29 is 14.5 Å². The number of aromatic nitrogens is 3. The Bertz CT molecular complexity index is 1280. The van der Waals surface area contributed by atoms with Crippen LogP contribution in [0.5, 0.6) is 0 Å². The number of carbonyl (C=O) groups excluding carboxylic acids is 2. The molecule has 10 nitrogen and oxygen atoms in total. The third kappa shape index (κ3) is 7.64. The molecule has 3 rings (SSSR count). The number of halogens is 1. The van der Waals surface area contributed by atoms with Crippen molar-refractivity contribution in [3.8, 4) is 0 Å². The van der Waals surface area contributed by atoms with E-state index in [-0.39, 0.29) is 29.2 Å². The van der Waals surface area contributed by atoms with Crippen LogP contribution in [0.2, 0.25) is 5.02 Å². The topological polar surface area (TPSA) is 132 Å². The summed E-state index contributed by atoms with van der Waals surface area (Å²) in [5.74, 6) is 0.203. The smallest absolute Gasteiger partial charge is 0.269 e. The fraction of sp³-hybridized carbons (Fsp3) is 0.280. The van der Waals surface area contributed by atoms with Crippen molar-refractivity contribution in [2.24, 2.45) is 5.92 Å². The fourth-order valence-corrected chi connectivity index (χ4v) is 4.52. The minimum atomic E-state index is -0.505. The summed E-state index contributed by atoms with van der Waals surface area (Å²) in [6, 6.07) is 12.0. The van der Waals surface area contributed by atoms with Crippen LogP contribution in [0, 0.1) is 16.0 Å². The Morgan fingerprint density at radius 2 is 1.89 bits per heavy atom. The molecule has 1 atom stereocenters. The second-order valence-electron chi connectivity index (χ2n) is 8.52. The van der Waals surface area contributed by atoms with Gasteiger partial charge in [0.15, 0.2) is 11.0 Å². The van der Waals surface area contributed by atoms with E-state index in [4.69, 9.17) is 11.6 Å². The summed E-state index contributed by atoms with van der Waals surface area (Å²) in [6.45, 7) is 8.28. The molecule has 0 fully saturated rings. The highest BCUT2D eigenvalue weighted by Crippen LogP contribution is 2.26. The molecule has 2 amide bonds. The zero-order valence-electron chi connectivity index (χ0n) is 20.4. The van der Waals surface area contributed by atoms with E-state index in [1.165, 1.54) is 36.0 Å². The van der Waals surface area contributed by atoms with E-state index in [0.717, 1.165) is 0 Å². The predicted molar refractivity (Wildman–Crippen MR) is 144 cm³/mol. The van der Waals surface area contributed by atoms with E-state index < -0.39 is 11.0 Å². The average Bonchev–Trinajstić information content (AvgIpc) is 3.25. The highest BCUT2D eigenvalue weighted by molar-refractivity contribution is 7.99. The zero-order valence-corrected chi connectivity index (χ0v) is 22.0.